The minimum atomic E-state index is -1.03. The van der Waals surface area contributed by atoms with Crippen molar-refractivity contribution < 1.29 is 28.7 Å². The number of nitrogens with one attached hydrogen (secondary N) is 2. The normalized spacial score (nSPS) is 11.5. The lowest BCUT2D eigenvalue weighted by Gasteiger charge is -2.31. The first-order valence-corrected chi connectivity index (χ1v) is 11.0. The van der Waals surface area contributed by atoms with E-state index in [4.69, 9.17) is 9.47 Å². The summed E-state index contributed by atoms with van der Waals surface area (Å²) in [6.07, 6.45) is 2.36. The van der Waals surface area contributed by atoms with Crippen LogP contribution in [0.25, 0.3) is 6.08 Å². The van der Waals surface area contributed by atoms with Gasteiger partial charge in [-0.05, 0) is 44.9 Å². The molecule has 1 atom stereocenters. The van der Waals surface area contributed by atoms with E-state index in [2.05, 4.69) is 23.8 Å². The van der Waals surface area contributed by atoms with Gasteiger partial charge in [0, 0.05) is 13.1 Å². The van der Waals surface area contributed by atoms with Crippen molar-refractivity contribution in [1.82, 2.24) is 15.5 Å². The molecule has 0 saturated carbocycles. The van der Waals surface area contributed by atoms with Crippen LogP contribution in [0.2, 0.25) is 0 Å². The van der Waals surface area contributed by atoms with Crippen LogP contribution in [0, 0.1) is 0 Å². The molecule has 0 radical (unpaired) electrons. The first kappa shape index (κ1) is 28.4. The molecule has 1 aromatic rings. The summed E-state index contributed by atoms with van der Waals surface area (Å²) in [6, 6.07) is 5.99. The van der Waals surface area contributed by atoms with Crippen molar-refractivity contribution in [3.05, 3.63) is 54.6 Å². The molecule has 0 heterocycles. The third kappa shape index (κ3) is 9.89. The number of hydrogen-bond donors (Lipinski definition) is 2. The molecule has 9 nitrogen and oxygen atoms in total. The number of carbonyl (C=O) groups is 4. The van der Waals surface area contributed by atoms with Crippen LogP contribution in [0.1, 0.15) is 51.3 Å². The summed E-state index contributed by atoms with van der Waals surface area (Å²) in [6.45, 7) is 14.2. The van der Waals surface area contributed by atoms with Crippen molar-refractivity contribution in [3.63, 3.8) is 0 Å². The summed E-state index contributed by atoms with van der Waals surface area (Å²) >= 11 is 0. The van der Waals surface area contributed by atoms with Gasteiger partial charge in [-0.15, -0.1) is 6.58 Å². The van der Waals surface area contributed by atoms with Crippen LogP contribution in [-0.2, 0) is 23.9 Å². The van der Waals surface area contributed by atoms with Gasteiger partial charge in [0.25, 0.3) is 0 Å². The fourth-order valence-electron chi connectivity index (χ4n) is 3.00. The highest BCUT2D eigenvalue weighted by Gasteiger charge is 2.31. The molecular formula is C25H35N3O6. The zero-order valence-electron chi connectivity index (χ0n) is 20.4. The molecule has 186 valence electrons. The maximum atomic E-state index is 13.2. The molecule has 3 amide bonds. The van der Waals surface area contributed by atoms with Gasteiger partial charge in [-0.25, -0.2) is 4.79 Å². The Bertz CT molecular complexity index is 891. The predicted molar refractivity (Wildman–Crippen MR) is 130 cm³/mol. The van der Waals surface area contributed by atoms with E-state index in [1.54, 1.807) is 52.0 Å². The predicted octanol–water partition coefficient (Wildman–Crippen LogP) is 2.98. The molecule has 1 aromatic carbocycles. The minimum Gasteiger partial charge on any atom is -0.466 e. The van der Waals surface area contributed by atoms with Crippen LogP contribution in [0.5, 0.6) is 0 Å². The monoisotopic (exact) mass is 473 g/mol. The molecule has 34 heavy (non-hydrogen) atoms. The number of nitrogens with zero attached hydrogens (tertiary/aromatic N) is 1. The molecule has 0 aliphatic carbocycles. The fraction of sp³-hybridized carbons (Fsp3) is 0.440. The van der Waals surface area contributed by atoms with Crippen molar-refractivity contribution >= 4 is 30.0 Å². The Morgan fingerprint density at radius 2 is 1.85 bits per heavy atom. The summed E-state index contributed by atoms with van der Waals surface area (Å²) in [5, 5.41) is 5.11. The van der Waals surface area contributed by atoms with Crippen molar-refractivity contribution in [2.24, 2.45) is 0 Å². The number of amides is 3. The Balaban J connectivity index is 3.13. The van der Waals surface area contributed by atoms with Crippen LogP contribution >= 0.6 is 0 Å². The number of rotatable bonds is 12. The number of hydrogen-bond acceptors (Lipinski definition) is 6. The molecular weight excluding hydrogens is 438 g/mol. The number of benzene rings is 1. The molecule has 0 fully saturated rings. The topological polar surface area (TPSA) is 114 Å². The molecule has 0 aromatic heterocycles. The van der Waals surface area contributed by atoms with E-state index >= 15 is 0 Å². The quantitative estimate of drug-likeness (QED) is 0.356. The van der Waals surface area contributed by atoms with E-state index in [1.807, 2.05) is 6.07 Å². The largest absolute Gasteiger partial charge is 0.466 e. The lowest BCUT2D eigenvalue weighted by molar-refractivity contribution is -0.143. The second-order valence-electron chi connectivity index (χ2n) is 8.31. The van der Waals surface area contributed by atoms with Gasteiger partial charge in [0.05, 0.1) is 13.0 Å². The Morgan fingerprint density at radius 1 is 1.15 bits per heavy atom. The standard InChI is InChI=1S/C25H35N3O6/c1-7-15-28(20(29)17-27-24(32)34-25(4,5)6)22(19-12-10-11-18(8-2)16-19)23(31)26-14-13-21(30)33-9-3/h7-8,10-12,16,22H,1-2,9,13-15,17H2,3-6H3,(H,26,31)(H,27,32). The molecule has 0 bridgehead atoms. The second-order valence-corrected chi connectivity index (χ2v) is 8.31. The zero-order chi connectivity index (χ0) is 25.7. The Labute approximate surface area is 201 Å². The van der Waals surface area contributed by atoms with Crippen LogP contribution < -0.4 is 10.6 Å². The third-order valence-corrected chi connectivity index (χ3v) is 4.38. The van der Waals surface area contributed by atoms with Gasteiger partial charge in [0.1, 0.15) is 18.2 Å². The number of carbonyl (C=O) groups excluding carboxylic acids is 4. The van der Waals surface area contributed by atoms with Gasteiger partial charge in [-0.2, -0.15) is 0 Å². The van der Waals surface area contributed by atoms with E-state index in [1.165, 1.54) is 11.0 Å². The highest BCUT2D eigenvalue weighted by molar-refractivity contribution is 5.90. The second kappa shape index (κ2) is 13.8. The van der Waals surface area contributed by atoms with Crippen LogP contribution in [0.15, 0.2) is 43.5 Å². The maximum Gasteiger partial charge on any atom is 0.408 e. The molecule has 9 heteroatoms. The van der Waals surface area contributed by atoms with Crippen molar-refractivity contribution in [1.29, 1.82) is 0 Å². The van der Waals surface area contributed by atoms with E-state index in [-0.39, 0.29) is 32.7 Å². The van der Waals surface area contributed by atoms with Crippen molar-refractivity contribution in [2.45, 2.75) is 45.8 Å². The summed E-state index contributed by atoms with van der Waals surface area (Å²) in [4.78, 5) is 51.2. The molecule has 2 N–H and O–H groups in total. The van der Waals surface area contributed by atoms with E-state index in [0.717, 1.165) is 5.56 Å². The molecule has 0 spiro atoms. The van der Waals surface area contributed by atoms with Gasteiger partial charge in [-0.1, -0.05) is 36.9 Å². The number of ether oxygens (including phenoxy) is 2. The molecule has 0 aliphatic rings. The van der Waals surface area contributed by atoms with Crippen LogP contribution in [-0.4, -0.2) is 60.6 Å². The van der Waals surface area contributed by atoms with Crippen LogP contribution in [0.3, 0.4) is 0 Å². The summed E-state index contributed by atoms with van der Waals surface area (Å²) in [7, 11) is 0. The Hall–Kier alpha value is -3.62. The average molecular weight is 474 g/mol. The van der Waals surface area contributed by atoms with Gasteiger partial charge < -0.3 is 25.0 Å². The van der Waals surface area contributed by atoms with E-state index < -0.39 is 35.5 Å². The zero-order valence-corrected chi connectivity index (χ0v) is 20.4. The van der Waals surface area contributed by atoms with Crippen LogP contribution in [0.4, 0.5) is 4.79 Å². The molecule has 1 unspecified atom stereocenters. The smallest absolute Gasteiger partial charge is 0.408 e. The van der Waals surface area contributed by atoms with Gasteiger partial charge >= 0.3 is 12.1 Å². The molecule has 1 rings (SSSR count). The fourth-order valence-corrected chi connectivity index (χ4v) is 3.00. The first-order valence-electron chi connectivity index (χ1n) is 11.0. The van der Waals surface area contributed by atoms with Gasteiger partial charge in [-0.3, -0.25) is 14.4 Å². The summed E-state index contributed by atoms with van der Waals surface area (Å²) in [5.74, 6) is -1.44. The number of alkyl carbamates (subject to hydrolysis) is 1. The Morgan fingerprint density at radius 3 is 2.44 bits per heavy atom. The summed E-state index contributed by atoms with van der Waals surface area (Å²) in [5.41, 5.74) is 0.582. The molecule has 0 aliphatic heterocycles. The Kier molecular flexibility index (Phi) is 11.5. The highest BCUT2D eigenvalue weighted by Crippen LogP contribution is 2.23. The third-order valence-electron chi connectivity index (χ3n) is 4.38. The maximum absolute atomic E-state index is 13.2. The van der Waals surface area contributed by atoms with Gasteiger partial charge in [0.15, 0.2) is 0 Å². The lowest BCUT2D eigenvalue weighted by atomic mass is 10.0. The molecule has 0 saturated heterocycles. The van der Waals surface area contributed by atoms with E-state index in [9.17, 15) is 19.2 Å². The van der Waals surface area contributed by atoms with E-state index in [0.29, 0.717) is 5.56 Å². The number of esters is 1. The van der Waals surface area contributed by atoms with Crippen molar-refractivity contribution in [2.75, 3.05) is 26.2 Å². The lowest BCUT2D eigenvalue weighted by Crippen LogP contribution is -2.48. The SMILES string of the molecule is C=CCN(C(=O)CNC(=O)OC(C)(C)C)C(C(=O)NCCC(=O)OCC)c1cccc(C=C)c1. The van der Waals surface area contributed by atoms with Crippen molar-refractivity contribution in [3.8, 4) is 0 Å². The highest BCUT2D eigenvalue weighted by atomic mass is 16.6. The summed E-state index contributed by atoms with van der Waals surface area (Å²) < 4.78 is 10.1. The average Bonchev–Trinajstić information content (AvgIpc) is 2.76. The minimum absolute atomic E-state index is 0.00536. The first-order chi connectivity index (χ1) is 16.0. The van der Waals surface area contributed by atoms with Gasteiger partial charge in [0.2, 0.25) is 11.8 Å².